The fourth-order valence-corrected chi connectivity index (χ4v) is 2.50. The van der Waals surface area contributed by atoms with E-state index >= 15 is 0 Å². The van der Waals surface area contributed by atoms with Gasteiger partial charge in [0.1, 0.15) is 12.4 Å². The Morgan fingerprint density at radius 3 is 1.88 bits per heavy atom. The average molecular weight is 317 g/mol. The van der Waals surface area contributed by atoms with Crippen LogP contribution in [0, 0.1) is 6.92 Å². The molecule has 2 nitrogen and oxygen atoms in total. The molecule has 3 aromatic rings. The number of hydrogen-bond donors (Lipinski definition) is 1. The molecular formula is C22H23NO. The Balaban J connectivity index is 1.45. The van der Waals surface area contributed by atoms with Gasteiger partial charge in [-0.2, -0.15) is 0 Å². The molecule has 0 spiro atoms. The summed E-state index contributed by atoms with van der Waals surface area (Å²) in [6, 6.07) is 27.2. The summed E-state index contributed by atoms with van der Waals surface area (Å²) in [5.74, 6) is 0.904. The molecule has 0 saturated heterocycles. The number of nitrogens with one attached hydrogen (secondary N) is 1. The van der Waals surface area contributed by atoms with Gasteiger partial charge in [-0.3, -0.25) is 0 Å². The standard InChI is InChI=1S/C22H23NO/c1-18-7-9-19(10-8-18)15-23-16-20-11-13-22(14-12-20)24-17-21-5-3-2-4-6-21/h2-14,23H,15-17H2,1H3. The first kappa shape index (κ1) is 16.3. The fourth-order valence-electron chi connectivity index (χ4n) is 2.50. The Kier molecular flexibility index (Phi) is 5.65. The van der Waals surface area contributed by atoms with E-state index in [2.05, 4.69) is 60.8 Å². The molecule has 2 heteroatoms. The normalized spacial score (nSPS) is 10.5. The van der Waals surface area contributed by atoms with Crippen molar-refractivity contribution in [2.45, 2.75) is 26.6 Å². The maximum Gasteiger partial charge on any atom is 0.119 e. The molecule has 0 amide bonds. The van der Waals surface area contributed by atoms with E-state index in [1.807, 2.05) is 30.3 Å². The Morgan fingerprint density at radius 2 is 1.25 bits per heavy atom. The first-order chi connectivity index (χ1) is 11.8. The van der Waals surface area contributed by atoms with Crippen molar-refractivity contribution in [3.63, 3.8) is 0 Å². The van der Waals surface area contributed by atoms with E-state index in [9.17, 15) is 0 Å². The van der Waals surface area contributed by atoms with Crippen molar-refractivity contribution in [3.05, 3.63) is 101 Å². The van der Waals surface area contributed by atoms with Crippen molar-refractivity contribution < 1.29 is 4.74 Å². The highest BCUT2D eigenvalue weighted by Gasteiger charge is 1.98. The molecule has 0 radical (unpaired) electrons. The molecular weight excluding hydrogens is 294 g/mol. The van der Waals surface area contributed by atoms with E-state index in [1.165, 1.54) is 22.3 Å². The van der Waals surface area contributed by atoms with Gasteiger partial charge in [0, 0.05) is 13.1 Å². The minimum Gasteiger partial charge on any atom is -0.489 e. The number of rotatable bonds is 7. The Hall–Kier alpha value is -2.58. The maximum atomic E-state index is 5.81. The summed E-state index contributed by atoms with van der Waals surface area (Å²) >= 11 is 0. The van der Waals surface area contributed by atoms with Crippen LogP contribution >= 0.6 is 0 Å². The summed E-state index contributed by atoms with van der Waals surface area (Å²) in [6.07, 6.45) is 0. The van der Waals surface area contributed by atoms with Crippen LogP contribution in [0.5, 0.6) is 5.75 Å². The Morgan fingerprint density at radius 1 is 0.667 bits per heavy atom. The van der Waals surface area contributed by atoms with Crippen LogP contribution in [0.1, 0.15) is 22.3 Å². The van der Waals surface area contributed by atoms with E-state index in [0.717, 1.165) is 18.8 Å². The van der Waals surface area contributed by atoms with Crippen molar-refractivity contribution in [3.8, 4) is 5.75 Å². The lowest BCUT2D eigenvalue weighted by Crippen LogP contribution is -2.12. The summed E-state index contributed by atoms with van der Waals surface area (Å²) in [5.41, 5.74) is 5.05. The summed E-state index contributed by atoms with van der Waals surface area (Å²) in [7, 11) is 0. The number of hydrogen-bond acceptors (Lipinski definition) is 2. The molecule has 3 rings (SSSR count). The molecule has 122 valence electrons. The van der Waals surface area contributed by atoms with Gasteiger partial charge in [-0.15, -0.1) is 0 Å². The van der Waals surface area contributed by atoms with E-state index in [-0.39, 0.29) is 0 Å². The second-order valence-corrected chi connectivity index (χ2v) is 6.01. The summed E-state index contributed by atoms with van der Waals surface area (Å²) in [6.45, 7) is 4.45. The van der Waals surface area contributed by atoms with Gasteiger partial charge >= 0.3 is 0 Å². The topological polar surface area (TPSA) is 21.3 Å². The third-order valence-corrected chi connectivity index (χ3v) is 3.95. The third-order valence-electron chi connectivity index (χ3n) is 3.95. The molecule has 0 unspecified atom stereocenters. The lowest BCUT2D eigenvalue weighted by Gasteiger charge is -2.08. The highest BCUT2D eigenvalue weighted by molar-refractivity contribution is 5.28. The zero-order chi connectivity index (χ0) is 16.6. The van der Waals surface area contributed by atoms with Crippen molar-refractivity contribution in [1.29, 1.82) is 0 Å². The largest absolute Gasteiger partial charge is 0.489 e. The quantitative estimate of drug-likeness (QED) is 0.671. The van der Waals surface area contributed by atoms with Gasteiger partial charge in [-0.1, -0.05) is 72.3 Å². The minimum absolute atomic E-state index is 0.603. The molecule has 0 saturated carbocycles. The van der Waals surface area contributed by atoms with E-state index in [4.69, 9.17) is 4.74 Å². The highest BCUT2D eigenvalue weighted by Crippen LogP contribution is 2.14. The lowest BCUT2D eigenvalue weighted by atomic mass is 10.1. The number of ether oxygens (including phenoxy) is 1. The molecule has 0 atom stereocenters. The predicted octanol–water partition coefficient (Wildman–Crippen LogP) is 4.86. The molecule has 0 aromatic heterocycles. The molecule has 24 heavy (non-hydrogen) atoms. The molecule has 1 N–H and O–H groups in total. The van der Waals surface area contributed by atoms with E-state index in [0.29, 0.717) is 6.61 Å². The predicted molar refractivity (Wildman–Crippen MR) is 98.9 cm³/mol. The average Bonchev–Trinajstić information content (AvgIpc) is 2.64. The Bertz CT molecular complexity index is 733. The number of aryl methyl sites for hydroxylation is 1. The van der Waals surface area contributed by atoms with Gasteiger partial charge in [-0.05, 0) is 35.7 Å². The highest BCUT2D eigenvalue weighted by atomic mass is 16.5. The van der Waals surface area contributed by atoms with Crippen LogP contribution in [0.15, 0.2) is 78.9 Å². The van der Waals surface area contributed by atoms with Gasteiger partial charge in [0.2, 0.25) is 0 Å². The van der Waals surface area contributed by atoms with Crippen LogP contribution in [0.2, 0.25) is 0 Å². The first-order valence-electron chi connectivity index (χ1n) is 8.31. The van der Waals surface area contributed by atoms with Crippen LogP contribution < -0.4 is 10.1 Å². The van der Waals surface area contributed by atoms with E-state index < -0.39 is 0 Å². The van der Waals surface area contributed by atoms with Crippen LogP contribution in [-0.4, -0.2) is 0 Å². The maximum absolute atomic E-state index is 5.81. The lowest BCUT2D eigenvalue weighted by molar-refractivity contribution is 0.306. The van der Waals surface area contributed by atoms with Crippen LogP contribution in [-0.2, 0) is 19.7 Å². The molecule has 0 aliphatic rings. The first-order valence-corrected chi connectivity index (χ1v) is 8.31. The molecule has 0 fully saturated rings. The van der Waals surface area contributed by atoms with Crippen LogP contribution in [0.25, 0.3) is 0 Å². The SMILES string of the molecule is Cc1ccc(CNCc2ccc(OCc3ccccc3)cc2)cc1. The monoisotopic (exact) mass is 317 g/mol. The Labute approximate surface area is 144 Å². The van der Waals surface area contributed by atoms with Crippen LogP contribution in [0.4, 0.5) is 0 Å². The molecule has 0 heterocycles. The molecule has 0 bridgehead atoms. The molecule has 3 aromatic carbocycles. The third kappa shape index (κ3) is 4.97. The second-order valence-electron chi connectivity index (χ2n) is 6.01. The number of benzene rings is 3. The fraction of sp³-hybridized carbons (Fsp3) is 0.182. The van der Waals surface area contributed by atoms with Crippen molar-refractivity contribution >= 4 is 0 Å². The zero-order valence-corrected chi connectivity index (χ0v) is 14.0. The minimum atomic E-state index is 0.603. The van der Waals surface area contributed by atoms with E-state index in [1.54, 1.807) is 0 Å². The molecule has 0 aliphatic carbocycles. The van der Waals surface area contributed by atoms with Gasteiger partial charge in [0.25, 0.3) is 0 Å². The van der Waals surface area contributed by atoms with Gasteiger partial charge in [0.05, 0.1) is 0 Å². The van der Waals surface area contributed by atoms with Crippen molar-refractivity contribution in [1.82, 2.24) is 5.32 Å². The van der Waals surface area contributed by atoms with Crippen molar-refractivity contribution in [2.75, 3.05) is 0 Å². The second kappa shape index (κ2) is 8.32. The molecule has 0 aliphatic heterocycles. The zero-order valence-electron chi connectivity index (χ0n) is 14.0. The van der Waals surface area contributed by atoms with Crippen LogP contribution in [0.3, 0.4) is 0 Å². The van der Waals surface area contributed by atoms with Gasteiger partial charge in [-0.25, -0.2) is 0 Å². The smallest absolute Gasteiger partial charge is 0.119 e. The van der Waals surface area contributed by atoms with Crippen molar-refractivity contribution in [2.24, 2.45) is 0 Å². The summed E-state index contributed by atoms with van der Waals surface area (Å²) < 4.78 is 5.81. The van der Waals surface area contributed by atoms with Gasteiger partial charge < -0.3 is 10.1 Å². The van der Waals surface area contributed by atoms with Gasteiger partial charge in [0.15, 0.2) is 0 Å². The summed E-state index contributed by atoms with van der Waals surface area (Å²) in [5, 5.41) is 3.47. The summed E-state index contributed by atoms with van der Waals surface area (Å²) in [4.78, 5) is 0.